The van der Waals surface area contributed by atoms with Crippen molar-refractivity contribution in [2.45, 2.75) is 39.5 Å². The molecule has 0 saturated carbocycles. The Morgan fingerprint density at radius 2 is 1.67 bits per heavy atom. The second-order valence-electron chi connectivity index (χ2n) is 5.60. The Morgan fingerprint density at radius 3 is 2.11 bits per heavy atom. The standard InChI is InChI=1S/C15H26NOP/c1-6-18(5,17)12-15-9-7-14(8-10-15)11-16(4)13(2)3/h7-10,13H,6,11-12H2,1-5H3. The fourth-order valence-corrected chi connectivity index (χ4v) is 2.93. The summed E-state index contributed by atoms with van der Waals surface area (Å²) in [6.45, 7) is 9.27. The van der Waals surface area contributed by atoms with Crippen LogP contribution in [0.2, 0.25) is 0 Å². The molecular weight excluding hydrogens is 241 g/mol. The third kappa shape index (κ3) is 4.96. The number of nitrogens with zero attached hydrogens (tertiary/aromatic N) is 1. The van der Waals surface area contributed by atoms with E-state index in [4.69, 9.17) is 0 Å². The van der Waals surface area contributed by atoms with Gasteiger partial charge in [-0.05, 0) is 44.8 Å². The fourth-order valence-electron chi connectivity index (χ4n) is 1.72. The first kappa shape index (κ1) is 15.5. The number of rotatable bonds is 6. The lowest BCUT2D eigenvalue weighted by Crippen LogP contribution is -2.25. The van der Waals surface area contributed by atoms with E-state index in [1.165, 1.54) is 11.1 Å². The van der Waals surface area contributed by atoms with E-state index in [9.17, 15) is 4.57 Å². The smallest absolute Gasteiger partial charge is 0.0887 e. The Morgan fingerprint density at radius 1 is 1.17 bits per heavy atom. The molecule has 0 aliphatic heterocycles. The molecule has 0 aliphatic rings. The summed E-state index contributed by atoms with van der Waals surface area (Å²) in [4.78, 5) is 2.31. The van der Waals surface area contributed by atoms with Crippen molar-refractivity contribution in [1.29, 1.82) is 0 Å². The van der Waals surface area contributed by atoms with Crippen LogP contribution in [0.4, 0.5) is 0 Å². The van der Waals surface area contributed by atoms with Crippen LogP contribution in [0.25, 0.3) is 0 Å². The normalized spacial score (nSPS) is 15.1. The summed E-state index contributed by atoms with van der Waals surface area (Å²) in [7, 11) is 0.171. The minimum Gasteiger partial charge on any atom is -0.324 e. The molecule has 0 bridgehead atoms. The Balaban J connectivity index is 2.66. The molecule has 0 heterocycles. The highest BCUT2D eigenvalue weighted by molar-refractivity contribution is 7.62. The number of hydrogen-bond donors (Lipinski definition) is 0. The lowest BCUT2D eigenvalue weighted by Gasteiger charge is -2.21. The molecule has 1 atom stereocenters. The second-order valence-corrected chi connectivity index (χ2v) is 9.14. The molecule has 0 aliphatic carbocycles. The molecule has 1 rings (SSSR count). The summed E-state index contributed by atoms with van der Waals surface area (Å²) >= 11 is 0. The van der Waals surface area contributed by atoms with Crippen LogP contribution in [0.1, 0.15) is 31.9 Å². The van der Waals surface area contributed by atoms with Gasteiger partial charge in [-0.25, -0.2) is 0 Å². The molecule has 0 saturated heterocycles. The molecule has 0 amide bonds. The molecule has 18 heavy (non-hydrogen) atoms. The molecule has 0 spiro atoms. The maximum absolute atomic E-state index is 12.1. The molecule has 102 valence electrons. The van der Waals surface area contributed by atoms with Crippen molar-refractivity contribution in [3.8, 4) is 0 Å². The van der Waals surface area contributed by atoms with Crippen LogP contribution < -0.4 is 0 Å². The maximum atomic E-state index is 12.1. The van der Waals surface area contributed by atoms with E-state index in [0.29, 0.717) is 6.04 Å². The van der Waals surface area contributed by atoms with Gasteiger partial charge in [0.15, 0.2) is 0 Å². The Kier molecular flexibility index (Phi) is 5.62. The van der Waals surface area contributed by atoms with Crippen molar-refractivity contribution >= 4 is 7.14 Å². The van der Waals surface area contributed by atoms with Crippen LogP contribution in [0.5, 0.6) is 0 Å². The minimum atomic E-state index is -1.96. The van der Waals surface area contributed by atoms with Crippen molar-refractivity contribution in [3.05, 3.63) is 35.4 Å². The summed E-state index contributed by atoms with van der Waals surface area (Å²) in [5.74, 6) is 0. The summed E-state index contributed by atoms with van der Waals surface area (Å²) in [6.07, 6.45) is 1.51. The average molecular weight is 267 g/mol. The van der Waals surface area contributed by atoms with Gasteiger partial charge in [0.25, 0.3) is 0 Å². The number of benzene rings is 1. The lowest BCUT2D eigenvalue weighted by atomic mass is 10.1. The molecule has 0 fully saturated rings. The van der Waals surface area contributed by atoms with E-state index in [-0.39, 0.29) is 0 Å². The van der Waals surface area contributed by atoms with Crippen molar-refractivity contribution in [2.24, 2.45) is 0 Å². The van der Waals surface area contributed by atoms with Gasteiger partial charge in [0.05, 0.1) is 7.14 Å². The van der Waals surface area contributed by atoms with E-state index in [2.05, 4.69) is 50.1 Å². The van der Waals surface area contributed by atoms with E-state index in [1.54, 1.807) is 0 Å². The van der Waals surface area contributed by atoms with Gasteiger partial charge in [-0.3, -0.25) is 4.90 Å². The third-order valence-corrected chi connectivity index (χ3v) is 5.89. The summed E-state index contributed by atoms with van der Waals surface area (Å²) in [5.41, 5.74) is 2.51. The zero-order valence-corrected chi connectivity index (χ0v) is 13.2. The third-order valence-electron chi connectivity index (χ3n) is 3.52. The van der Waals surface area contributed by atoms with Gasteiger partial charge in [0.2, 0.25) is 0 Å². The van der Waals surface area contributed by atoms with Crippen LogP contribution in [-0.2, 0) is 17.3 Å². The van der Waals surface area contributed by atoms with E-state index in [0.717, 1.165) is 18.9 Å². The first-order valence-electron chi connectivity index (χ1n) is 6.67. The molecule has 0 N–H and O–H groups in total. The van der Waals surface area contributed by atoms with Crippen LogP contribution in [-0.4, -0.2) is 30.8 Å². The van der Waals surface area contributed by atoms with Gasteiger partial charge >= 0.3 is 0 Å². The van der Waals surface area contributed by atoms with Gasteiger partial charge in [0, 0.05) is 18.7 Å². The van der Waals surface area contributed by atoms with Gasteiger partial charge < -0.3 is 4.57 Å². The molecule has 1 unspecified atom stereocenters. The van der Waals surface area contributed by atoms with E-state index < -0.39 is 7.14 Å². The highest BCUT2D eigenvalue weighted by Gasteiger charge is 2.13. The Bertz CT molecular complexity index is 411. The predicted octanol–water partition coefficient (Wildman–Crippen LogP) is 4.04. The topological polar surface area (TPSA) is 20.3 Å². The van der Waals surface area contributed by atoms with Crippen LogP contribution in [0.3, 0.4) is 0 Å². The van der Waals surface area contributed by atoms with Crippen molar-refractivity contribution in [1.82, 2.24) is 4.90 Å². The summed E-state index contributed by atoms with van der Waals surface area (Å²) in [6, 6.07) is 9.11. The van der Waals surface area contributed by atoms with Crippen molar-refractivity contribution < 1.29 is 4.57 Å². The highest BCUT2D eigenvalue weighted by Crippen LogP contribution is 2.44. The van der Waals surface area contributed by atoms with Crippen LogP contribution >= 0.6 is 7.14 Å². The van der Waals surface area contributed by atoms with Crippen LogP contribution in [0, 0.1) is 0 Å². The summed E-state index contributed by atoms with van der Waals surface area (Å²) < 4.78 is 12.1. The quantitative estimate of drug-likeness (QED) is 0.725. The molecule has 3 heteroatoms. The largest absolute Gasteiger partial charge is 0.324 e. The number of hydrogen-bond acceptors (Lipinski definition) is 2. The maximum Gasteiger partial charge on any atom is 0.0887 e. The van der Waals surface area contributed by atoms with Gasteiger partial charge in [0.1, 0.15) is 0 Å². The molecule has 0 radical (unpaired) electrons. The highest BCUT2D eigenvalue weighted by atomic mass is 31.2. The lowest BCUT2D eigenvalue weighted by molar-refractivity contribution is 0.266. The Labute approximate surface area is 112 Å². The molecule has 1 aromatic carbocycles. The van der Waals surface area contributed by atoms with Crippen molar-refractivity contribution in [2.75, 3.05) is 19.9 Å². The Hall–Kier alpha value is -0.590. The predicted molar refractivity (Wildman–Crippen MR) is 80.8 cm³/mol. The molecule has 0 aromatic heterocycles. The average Bonchev–Trinajstić information content (AvgIpc) is 2.31. The molecule has 2 nitrogen and oxygen atoms in total. The monoisotopic (exact) mass is 267 g/mol. The summed E-state index contributed by atoms with van der Waals surface area (Å²) in [5, 5.41) is 0. The van der Waals surface area contributed by atoms with Gasteiger partial charge in [-0.1, -0.05) is 31.2 Å². The second kappa shape index (κ2) is 6.54. The van der Waals surface area contributed by atoms with Gasteiger partial charge in [-0.15, -0.1) is 0 Å². The minimum absolute atomic E-state index is 0.556. The van der Waals surface area contributed by atoms with Crippen molar-refractivity contribution in [3.63, 3.8) is 0 Å². The SMILES string of the molecule is CCP(C)(=O)Cc1ccc(CN(C)C(C)C)cc1. The van der Waals surface area contributed by atoms with Gasteiger partial charge in [-0.2, -0.15) is 0 Å². The zero-order valence-electron chi connectivity index (χ0n) is 12.3. The van der Waals surface area contributed by atoms with E-state index in [1.807, 2.05) is 13.6 Å². The first-order chi connectivity index (χ1) is 8.34. The molecule has 1 aromatic rings. The molecular formula is C15H26NOP. The van der Waals surface area contributed by atoms with E-state index >= 15 is 0 Å². The van der Waals surface area contributed by atoms with Crippen LogP contribution in [0.15, 0.2) is 24.3 Å². The fraction of sp³-hybridized carbons (Fsp3) is 0.600. The zero-order chi connectivity index (χ0) is 13.8. The first-order valence-corrected chi connectivity index (χ1v) is 9.20.